The average molecular weight is 459 g/mol. The zero-order valence-corrected chi connectivity index (χ0v) is 19.3. The predicted molar refractivity (Wildman–Crippen MR) is 129 cm³/mol. The van der Waals surface area contributed by atoms with Crippen LogP contribution in [0.2, 0.25) is 0 Å². The van der Waals surface area contributed by atoms with Crippen LogP contribution in [0.4, 0.5) is 0 Å². The Morgan fingerprint density at radius 1 is 0.853 bits per heavy atom. The Morgan fingerprint density at radius 3 is 2.32 bits per heavy atom. The molecule has 5 rings (SSSR count). The second-order valence-electron chi connectivity index (χ2n) is 8.97. The van der Waals surface area contributed by atoms with Crippen molar-refractivity contribution in [1.82, 2.24) is 29.5 Å². The summed E-state index contributed by atoms with van der Waals surface area (Å²) in [7, 11) is 0. The van der Waals surface area contributed by atoms with E-state index in [1.54, 1.807) is 12.4 Å². The lowest BCUT2D eigenvalue weighted by molar-refractivity contribution is -0.131. The highest BCUT2D eigenvalue weighted by atomic mass is 16.2. The van der Waals surface area contributed by atoms with Crippen molar-refractivity contribution in [1.29, 1.82) is 0 Å². The van der Waals surface area contributed by atoms with Crippen LogP contribution < -0.4 is 0 Å². The van der Waals surface area contributed by atoms with Gasteiger partial charge in [0, 0.05) is 63.4 Å². The molecule has 2 saturated heterocycles. The summed E-state index contributed by atoms with van der Waals surface area (Å²) in [6, 6.07) is 13.9. The van der Waals surface area contributed by atoms with Gasteiger partial charge in [0.05, 0.1) is 18.7 Å². The van der Waals surface area contributed by atoms with Gasteiger partial charge in [-0.3, -0.25) is 24.2 Å². The Labute approximate surface area is 199 Å². The highest BCUT2D eigenvalue weighted by Gasteiger charge is 2.28. The summed E-state index contributed by atoms with van der Waals surface area (Å²) < 4.78 is 1.83. The summed E-state index contributed by atoms with van der Waals surface area (Å²) in [6.45, 7) is 5.39. The van der Waals surface area contributed by atoms with Gasteiger partial charge in [-0.1, -0.05) is 30.3 Å². The van der Waals surface area contributed by atoms with Gasteiger partial charge < -0.3 is 9.80 Å². The van der Waals surface area contributed by atoms with Crippen molar-refractivity contribution in [2.45, 2.75) is 19.4 Å². The number of aromatic nitrogens is 3. The molecule has 2 aliphatic rings. The summed E-state index contributed by atoms with van der Waals surface area (Å²) in [5, 5.41) is 4.76. The van der Waals surface area contributed by atoms with Gasteiger partial charge in [0.25, 0.3) is 5.91 Å². The number of carbonyl (C=O) groups is 2. The lowest BCUT2D eigenvalue weighted by atomic mass is 10.1. The van der Waals surface area contributed by atoms with E-state index in [9.17, 15) is 9.59 Å². The number of piperazine rings is 1. The number of rotatable bonds is 6. The van der Waals surface area contributed by atoms with E-state index < -0.39 is 0 Å². The number of likely N-dealkylation sites (tertiary alicyclic amines) is 1. The fourth-order valence-electron chi connectivity index (χ4n) is 4.68. The fraction of sp³-hybridized carbons (Fsp3) is 0.385. The monoisotopic (exact) mass is 458 g/mol. The van der Waals surface area contributed by atoms with E-state index in [0.717, 1.165) is 37.1 Å². The third-order valence-electron chi connectivity index (χ3n) is 6.59. The summed E-state index contributed by atoms with van der Waals surface area (Å²) in [6.07, 6.45) is 7.51. The Bertz CT molecular complexity index is 1120. The van der Waals surface area contributed by atoms with Crippen LogP contribution in [0.25, 0.3) is 11.3 Å². The minimum Gasteiger partial charge on any atom is -0.342 e. The van der Waals surface area contributed by atoms with Crippen LogP contribution in [0.3, 0.4) is 0 Å². The number of nitrogens with zero attached hydrogens (tertiary/aromatic N) is 6. The van der Waals surface area contributed by atoms with Crippen LogP contribution in [0.1, 0.15) is 28.8 Å². The van der Waals surface area contributed by atoms with Crippen molar-refractivity contribution in [2.75, 3.05) is 45.8 Å². The van der Waals surface area contributed by atoms with E-state index in [0.29, 0.717) is 50.5 Å². The highest BCUT2D eigenvalue weighted by Crippen LogP contribution is 2.24. The molecule has 2 aromatic heterocycles. The Morgan fingerprint density at radius 2 is 1.62 bits per heavy atom. The summed E-state index contributed by atoms with van der Waals surface area (Å²) >= 11 is 0. The van der Waals surface area contributed by atoms with Crippen LogP contribution in [-0.4, -0.2) is 87.1 Å². The van der Waals surface area contributed by atoms with Crippen LogP contribution in [-0.2, 0) is 11.3 Å². The maximum Gasteiger partial charge on any atom is 0.257 e. The molecule has 2 amide bonds. The molecule has 0 atom stereocenters. The Kier molecular flexibility index (Phi) is 6.67. The van der Waals surface area contributed by atoms with Crippen molar-refractivity contribution in [3.8, 4) is 11.3 Å². The summed E-state index contributed by atoms with van der Waals surface area (Å²) in [5.74, 6) is 0.182. The molecule has 4 heterocycles. The molecule has 0 bridgehead atoms. The maximum absolute atomic E-state index is 13.6. The lowest BCUT2D eigenvalue weighted by Gasteiger charge is -2.35. The average Bonchev–Trinajstić information content (AvgIpc) is 3.56. The zero-order chi connectivity index (χ0) is 23.3. The molecular weight excluding hydrogens is 428 g/mol. The molecular formula is C26H30N6O2. The highest BCUT2D eigenvalue weighted by molar-refractivity contribution is 5.99. The van der Waals surface area contributed by atoms with Crippen molar-refractivity contribution in [3.63, 3.8) is 0 Å². The first kappa shape index (κ1) is 22.3. The third-order valence-corrected chi connectivity index (χ3v) is 6.59. The summed E-state index contributed by atoms with van der Waals surface area (Å²) in [5.41, 5.74) is 3.19. The molecule has 0 N–H and O–H groups in total. The van der Waals surface area contributed by atoms with Crippen LogP contribution in [0, 0.1) is 0 Å². The molecule has 2 fully saturated rings. The van der Waals surface area contributed by atoms with Crippen molar-refractivity contribution in [2.24, 2.45) is 0 Å². The number of pyridine rings is 1. The zero-order valence-electron chi connectivity index (χ0n) is 19.3. The van der Waals surface area contributed by atoms with Gasteiger partial charge >= 0.3 is 0 Å². The lowest BCUT2D eigenvalue weighted by Crippen LogP contribution is -2.51. The number of benzene rings is 1. The molecule has 0 aliphatic carbocycles. The third kappa shape index (κ3) is 5.02. The first-order chi connectivity index (χ1) is 16.7. The van der Waals surface area contributed by atoms with Gasteiger partial charge in [-0.05, 0) is 30.5 Å². The molecule has 1 aromatic carbocycles. The SMILES string of the molecule is O=C(CN1CCN(C(=O)c2cn(Cc3ccccc3)nc2-c2cccnc2)CC1)N1CCCC1. The van der Waals surface area contributed by atoms with Gasteiger partial charge in [-0.2, -0.15) is 5.10 Å². The molecule has 8 nitrogen and oxygen atoms in total. The maximum atomic E-state index is 13.6. The molecule has 8 heteroatoms. The fourth-order valence-corrected chi connectivity index (χ4v) is 4.68. The molecule has 34 heavy (non-hydrogen) atoms. The number of carbonyl (C=O) groups excluding carboxylic acids is 2. The molecule has 176 valence electrons. The first-order valence-corrected chi connectivity index (χ1v) is 12.0. The van der Waals surface area contributed by atoms with Gasteiger partial charge in [0.2, 0.25) is 5.91 Å². The molecule has 0 unspecified atom stereocenters. The second kappa shape index (κ2) is 10.2. The molecule has 0 spiro atoms. The second-order valence-corrected chi connectivity index (χ2v) is 8.97. The molecule has 0 radical (unpaired) electrons. The van der Waals surface area contributed by atoms with Gasteiger partial charge in [0.15, 0.2) is 0 Å². The number of hydrogen-bond donors (Lipinski definition) is 0. The summed E-state index contributed by atoms with van der Waals surface area (Å²) in [4.78, 5) is 36.3. The predicted octanol–water partition coefficient (Wildman–Crippen LogP) is 2.37. The molecule has 2 aliphatic heterocycles. The first-order valence-electron chi connectivity index (χ1n) is 12.0. The van der Waals surface area contributed by atoms with E-state index in [4.69, 9.17) is 5.10 Å². The van der Waals surface area contributed by atoms with E-state index in [1.807, 2.05) is 51.0 Å². The quantitative estimate of drug-likeness (QED) is 0.567. The van der Waals surface area contributed by atoms with Gasteiger partial charge in [0.1, 0.15) is 5.69 Å². The minimum absolute atomic E-state index is 0.0244. The smallest absolute Gasteiger partial charge is 0.257 e. The minimum atomic E-state index is -0.0244. The standard InChI is InChI=1S/C26H30N6O2/c33-24(30-11-4-5-12-30)20-29-13-15-31(16-14-29)26(34)23-19-32(18-21-7-2-1-3-8-21)28-25(23)22-9-6-10-27-17-22/h1-3,6-10,17,19H,4-5,11-16,18,20H2. The van der Waals surface area contributed by atoms with Crippen LogP contribution in [0.5, 0.6) is 0 Å². The Balaban J connectivity index is 1.29. The largest absolute Gasteiger partial charge is 0.342 e. The van der Waals surface area contributed by atoms with Crippen molar-refractivity contribution < 1.29 is 9.59 Å². The van der Waals surface area contributed by atoms with Crippen LogP contribution in [0.15, 0.2) is 61.1 Å². The van der Waals surface area contributed by atoms with E-state index in [-0.39, 0.29) is 11.8 Å². The molecule has 0 saturated carbocycles. The van der Waals surface area contributed by atoms with E-state index in [2.05, 4.69) is 22.0 Å². The number of amides is 2. The Hall–Kier alpha value is -3.52. The molecule has 3 aromatic rings. The topological polar surface area (TPSA) is 74.6 Å². The van der Waals surface area contributed by atoms with Crippen molar-refractivity contribution >= 4 is 11.8 Å². The number of hydrogen-bond acceptors (Lipinski definition) is 5. The van der Waals surface area contributed by atoms with E-state index >= 15 is 0 Å². The normalized spacial score (nSPS) is 16.7. The van der Waals surface area contributed by atoms with Gasteiger partial charge in [-0.25, -0.2) is 0 Å². The van der Waals surface area contributed by atoms with Crippen molar-refractivity contribution in [3.05, 3.63) is 72.2 Å². The van der Waals surface area contributed by atoms with E-state index in [1.165, 1.54) is 0 Å². The van der Waals surface area contributed by atoms with Crippen LogP contribution >= 0.6 is 0 Å². The van der Waals surface area contributed by atoms with Gasteiger partial charge in [-0.15, -0.1) is 0 Å².